The Kier molecular flexibility index (Phi) is 5.87. The SMILES string of the molecule is CCCCNc1cnnc(N2CCN(c3ccccc3OC)CC2)n1. The lowest BCUT2D eigenvalue weighted by atomic mass is 10.2. The first-order valence-electron chi connectivity index (χ1n) is 8.88. The molecular formula is C18H26N6O. The number of unbranched alkanes of at least 4 members (excludes halogenated alkanes) is 1. The highest BCUT2D eigenvalue weighted by molar-refractivity contribution is 5.59. The van der Waals surface area contributed by atoms with Crippen molar-refractivity contribution in [3.63, 3.8) is 0 Å². The largest absolute Gasteiger partial charge is 0.495 e. The molecule has 1 fully saturated rings. The number of nitrogens with one attached hydrogen (secondary N) is 1. The van der Waals surface area contributed by atoms with E-state index in [0.717, 1.165) is 62.8 Å². The average Bonchev–Trinajstić information content (AvgIpc) is 2.68. The van der Waals surface area contributed by atoms with Gasteiger partial charge in [-0.25, -0.2) is 0 Å². The summed E-state index contributed by atoms with van der Waals surface area (Å²) in [5.74, 6) is 2.41. The van der Waals surface area contributed by atoms with Crippen molar-refractivity contribution in [1.29, 1.82) is 0 Å². The second kappa shape index (κ2) is 8.50. The van der Waals surface area contributed by atoms with Gasteiger partial charge in [-0.15, -0.1) is 5.10 Å². The van der Waals surface area contributed by atoms with Gasteiger partial charge in [-0.3, -0.25) is 0 Å². The molecule has 1 aliphatic heterocycles. The number of ether oxygens (including phenoxy) is 1. The number of para-hydroxylation sites is 2. The number of rotatable bonds is 7. The van der Waals surface area contributed by atoms with Crippen LogP contribution < -0.4 is 19.9 Å². The van der Waals surface area contributed by atoms with Gasteiger partial charge in [0.2, 0.25) is 5.95 Å². The van der Waals surface area contributed by atoms with Crippen LogP contribution in [0, 0.1) is 0 Å². The van der Waals surface area contributed by atoms with Crippen molar-refractivity contribution in [3.8, 4) is 5.75 Å². The van der Waals surface area contributed by atoms with Crippen LogP contribution in [-0.2, 0) is 0 Å². The van der Waals surface area contributed by atoms with Crippen LogP contribution in [0.5, 0.6) is 5.75 Å². The summed E-state index contributed by atoms with van der Waals surface area (Å²) in [5, 5.41) is 11.6. The normalized spacial score (nSPS) is 14.5. The third-order valence-electron chi connectivity index (χ3n) is 4.37. The molecule has 0 radical (unpaired) electrons. The van der Waals surface area contributed by atoms with E-state index in [2.05, 4.69) is 43.3 Å². The third-order valence-corrected chi connectivity index (χ3v) is 4.37. The standard InChI is InChI=1S/C18H26N6O/c1-3-4-9-19-17-14-20-22-18(21-17)24-12-10-23(11-13-24)15-7-5-6-8-16(15)25-2/h5-8,14H,3-4,9-13H2,1-2H3,(H,19,21,22). The summed E-state index contributed by atoms with van der Waals surface area (Å²) >= 11 is 0. The van der Waals surface area contributed by atoms with Crippen molar-refractivity contribution in [2.45, 2.75) is 19.8 Å². The topological polar surface area (TPSA) is 66.4 Å². The monoisotopic (exact) mass is 342 g/mol. The summed E-state index contributed by atoms with van der Waals surface area (Å²) in [6.07, 6.45) is 3.96. The van der Waals surface area contributed by atoms with Crippen molar-refractivity contribution in [2.24, 2.45) is 0 Å². The Balaban J connectivity index is 1.61. The fourth-order valence-electron chi connectivity index (χ4n) is 2.94. The van der Waals surface area contributed by atoms with Crippen LogP contribution in [0.1, 0.15) is 19.8 Å². The highest BCUT2D eigenvalue weighted by atomic mass is 16.5. The molecule has 1 aliphatic rings. The number of hydrogen-bond acceptors (Lipinski definition) is 7. The van der Waals surface area contributed by atoms with Crippen LogP contribution in [0.25, 0.3) is 0 Å². The molecule has 0 aliphatic carbocycles. The number of anilines is 3. The minimum Gasteiger partial charge on any atom is -0.495 e. The third kappa shape index (κ3) is 4.29. The maximum atomic E-state index is 5.47. The lowest BCUT2D eigenvalue weighted by molar-refractivity contribution is 0.413. The molecule has 1 aromatic carbocycles. The maximum absolute atomic E-state index is 5.47. The first kappa shape index (κ1) is 17.3. The molecule has 2 heterocycles. The van der Waals surface area contributed by atoms with E-state index in [9.17, 15) is 0 Å². The van der Waals surface area contributed by atoms with Gasteiger partial charge in [0.15, 0.2) is 5.82 Å². The fourth-order valence-corrected chi connectivity index (χ4v) is 2.94. The van der Waals surface area contributed by atoms with Gasteiger partial charge in [-0.05, 0) is 18.6 Å². The molecular weight excluding hydrogens is 316 g/mol. The van der Waals surface area contributed by atoms with E-state index in [1.807, 2.05) is 18.2 Å². The van der Waals surface area contributed by atoms with E-state index >= 15 is 0 Å². The Morgan fingerprint density at radius 3 is 2.64 bits per heavy atom. The van der Waals surface area contributed by atoms with Gasteiger partial charge >= 0.3 is 0 Å². The van der Waals surface area contributed by atoms with Crippen LogP contribution in [0.4, 0.5) is 17.5 Å². The Bertz CT molecular complexity index is 672. The summed E-state index contributed by atoms with van der Waals surface area (Å²) < 4.78 is 5.47. The number of nitrogens with zero attached hydrogens (tertiary/aromatic N) is 5. The van der Waals surface area contributed by atoms with Crippen LogP contribution in [0.15, 0.2) is 30.5 Å². The highest BCUT2D eigenvalue weighted by Gasteiger charge is 2.21. The molecule has 1 aromatic heterocycles. The maximum Gasteiger partial charge on any atom is 0.247 e. The first-order chi connectivity index (χ1) is 12.3. The molecule has 2 aromatic rings. The molecule has 25 heavy (non-hydrogen) atoms. The van der Waals surface area contributed by atoms with Crippen LogP contribution in [-0.4, -0.2) is 55.0 Å². The minimum absolute atomic E-state index is 0.696. The van der Waals surface area contributed by atoms with Crippen LogP contribution in [0.3, 0.4) is 0 Å². The number of aromatic nitrogens is 3. The van der Waals surface area contributed by atoms with Gasteiger partial charge in [-0.1, -0.05) is 25.5 Å². The zero-order valence-electron chi connectivity index (χ0n) is 15.0. The zero-order chi connectivity index (χ0) is 17.5. The zero-order valence-corrected chi connectivity index (χ0v) is 15.0. The molecule has 0 atom stereocenters. The van der Waals surface area contributed by atoms with Gasteiger partial charge in [0, 0.05) is 32.7 Å². The van der Waals surface area contributed by atoms with Crippen molar-refractivity contribution >= 4 is 17.5 Å². The molecule has 0 spiro atoms. The predicted octanol–water partition coefficient (Wildman–Crippen LogP) is 2.42. The second-order valence-corrected chi connectivity index (χ2v) is 6.07. The molecule has 1 N–H and O–H groups in total. The molecule has 7 nitrogen and oxygen atoms in total. The first-order valence-corrected chi connectivity index (χ1v) is 8.88. The molecule has 0 saturated carbocycles. The van der Waals surface area contributed by atoms with Crippen molar-refractivity contribution in [3.05, 3.63) is 30.5 Å². The van der Waals surface area contributed by atoms with E-state index in [4.69, 9.17) is 4.74 Å². The van der Waals surface area contributed by atoms with Crippen LogP contribution in [0.2, 0.25) is 0 Å². The summed E-state index contributed by atoms with van der Waals surface area (Å²) in [6.45, 7) is 6.60. The molecule has 0 unspecified atom stereocenters. The summed E-state index contributed by atoms with van der Waals surface area (Å²) in [4.78, 5) is 9.12. The van der Waals surface area contributed by atoms with Gasteiger partial charge in [0.25, 0.3) is 0 Å². The fraction of sp³-hybridized carbons (Fsp3) is 0.500. The Labute approximate surface area is 149 Å². The smallest absolute Gasteiger partial charge is 0.247 e. The van der Waals surface area contributed by atoms with E-state index in [1.54, 1.807) is 13.3 Å². The van der Waals surface area contributed by atoms with Crippen molar-refractivity contribution in [1.82, 2.24) is 15.2 Å². The average molecular weight is 342 g/mol. The highest BCUT2D eigenvalue weighted by Crippen LogP contribution is 2.28. The lowest BCUT2D eigenvalue weighted by Crippen LogP contribution is -2.47. The number of hydrogen-bond donors (Lipinski definition) is 1. The van der Waals surface area contributed by atoms with E-state index in [1.165, 1.54) is 0 Å². The van der Waals surface area contributed by atoms with Gasteiger partial charge < -0.3 is 19.9 Å². The molecule has 3 rings (SSSR count). The van der Waals surface area contributed by atoms with Crippen molar-refractivity contribution < 1.29 is 4.74 Å². The Hall–Kier alpha value is -2.57. The number of piperazine rings is 1. The summed E-state index contributed by atoms with van der Waals surface area (Å²) in [7, 11) is 1.71. The number of methoxy groups -OCH3 is 1. The molecule has 0 bridgehead atoms. The van der Waals surface area contributed by atoms with E-state index in [-0.39, 0.29) is 0 Å². The summed E-state index contributed by atoms with van der Waals surface area (Å²) in [6, 6.07) is 8.14. The number of benzene rings is 1. The quantitative estimate of drug-likeness (QED) is 0.775. The van der Waals surface area contributed by atoms with Gasteiger partial charge in [-0.2, -0.15) is 10.1 Å². The lowest BCUT2D eigenvalue weighted by Gasteiger charge is -2.36. The molecule has 0 amide bonds. The summed E-state index contributed by atoms with van der Waals surface area (Å²) in [5.41, 5.74) is 1.14. The van der Waals surface area contributed by atoms with Crippen LogP contribution >= 0.6 is 0 Å². The predicted molar refractivity (Wildman–Crippen MR) is 101 cm³/mol. The van der Waals surface area contributed by atoms with Gasteiger partial charge in [0.1, 0.15) is 5.75 Å². The molecule has 7 heteroatoms. The molecule has 1 saturated heterocycles. The van der Waals surface area contributed by atoms with Gasteiger partial charge in [0.05, 0.1) is 19.0 Å². The Morgan fingerprint density at radius 1 is 1.12 bits per heavy atom. The van der Waals surface area contributed by atoms with Crippen molar-refractivity contribution in [2.75, 3.05) is 55.0 Å². The minimum atomic E-state index is 0.696. The Morgan fingerprint density at radius 2 is 1.88 bits per heavy atom. The van der Waals surface area contributed by atoms with E-state index < -0.39 is 0 Å². The second-order valence-electron chi connectivity index (χ2n) is 6.07. The molecule has 134 valence electrons. The van der Waals surface area contributed by atoms with E-state index in [0.29, 0.717) is 5.95 Å².